The summed E-state index contributed by atoms with van der Waals surface area (Å²) >= 11 is 3.53. The highest BCUT2D eigenvalue weighted by Gasteiger charge is 2.32. The fraction of sp³-hybridized carbons (Fsp3) is 0.625. The molecule has 2 nitrogen and oxygen atoms in total. The summed E-state index contributed by atoms with van der Waals surface area (Å²) in [6.07, 6.45) is 1.00. The molecule has 0 spiro atoms. The Labute approximate surface area is 126 Å². The van der Waals surface area contributed by atoms with Crippen molar-refractivity contribution < 1.29 is 0 Å². The zero-order chi connectivity index (χ0) is 14.6. The van der Waals surface area contributed by atoms with Gasteiger partial charge < -0.3 is 5.73 Å². The Morgan fingerprint density at radius 2 is 1.95 bits per heavy atom. The highest BCUT2D eigenvalue weighted by molar-refractivity contribution is 9.10. The van der Waals surface area contributed by atoms with Crippen molar-refractivity contribution in [1.82, 2.24) is 4.90 Å². The topological polar surface area (TPSA) is 29.3 Å². The minimum atomic E-state index is 0.177. The molecular formula is C16H27BrN2. The largest absolute Gasteiger partial charge is 0.326 e. The van der Waals surface area contributed by atoms with Crippen LogP contribution < -0.4 is 5.73 Å². The van der Waals surface area contributed by atoms with Gasteiger partial charge in [0.1, 0.15) is 0 Å². The molecule has 1 rings (SSSR count). The maximum Gasteiger partial charge on any atom is 0.0295 e. The number of nitrogens with zero attached hydrogens (tertiary/aromatic N) is 1. The molecule has 0 aliphatic carbocycles. The van der Waals surface area contributed by atoms with Gasteiger partial charge in [0.25, 0.3) is 0 Å². The number of hydrogen-bond donors (Lipinski definition) is 1. The third kappa shape index (κ3) is 4.90. The van der Waals surface area contributed by atoms with Crippen molar-refractivity contribution in [2.75, 3.05) is 7.05 Å². The van der Waals surface area contributed by atoms with Gasteiger partial charge in [0.05, 0.1) is 0 Å². The summed E-state index contributed by atoms with van der Waals surface area (Å²) in [5, 5.41) is 0. The fourth-order valence-electron chi connectivity index (χ4n) is 2.88. The molecule has 0 aliphatic rings. The Bertz CT molecular complexity index is 398. The first kappa shape index (κ1) is 16.7. The van der Waals surface area contributed by atoms with Crippen molar-refractivity contribution in [2.45, 2.75) is 52.7 Å². The second kappa shape index (κ2) is 6.87. The normalized spacial score (nSPS) is 15.6. The van der Waals surface area contributed by atoms with E-state index in [0.717, 1.165) is 17.4 Å². The van der Waals surface area contributed by atoms with Crippen LogP contribution in [0.4, 0.5) is 0 Å². The van der Waals surface area contributed by atoms with E-state index in [4.69, 9.17) is 5.73 Å². The molecule has 2 unspecified atom stereocenters. The van der Waals surface area contributed by atoms with Gasteiger partial charge in [0, 0.05) is 23.1 Å². The predicted octanol–water partition coefficient (Wildman–Crippen LogP) is 4.03. The summed E-state index contributed by atoms with van der Waals surface area (Å²) in [5.41, 5.74) is 7.83. The lowest BCUT2D eigenvalue weighted by Gasteiger charge is -2.41. The SMILES string of the molecule is CCC(N)C(N(C)Cc1cccc(Br)c1)C(C)(C)C. The van der Waals surface area contributed by atoms with Crippen molar-refractivity contribution in [1.29, 1.82) is 0 Å². The van der Waals surface area contributed by atoms with Gasteiger partial charge in [-0.05, 0) is 36.6 Å². The Kier molecular flexibility index (Phi) is 6.03. The molecule has 2 N–H and O–H groups in total. The number of halogens is 1. The summed E-state index contributed by atoms with van der Waals surface area (Å²) in [4.78, 5) is 2.38. The molecule has 0 amide bonds. The molecule has 108 valence electrons. The van der Waals surface area contributed by atoms with E-state index in [2.05, 4.69) is 79.8 Å². The van der Waals surface area contributed by atoms with Gasteiger partial charge in [-0.25, -0.2) is 0 Å². The molecule has 0 fully saturated rings. The predicted molar refractivity (Wildman–Crippen MR) is 87.1 cm³/mol. The number of rotatable bonds is 5. The van der Waals surface area contributed by atoms with Gasteiger partial charge in [0.2, 0.25) is 0 Å². The van der Waals surface area contributed by atoms with Crippen molar-refractivity contribution in [3.8, 4) is 0 Å². The van der Waals surface area contributed by atoms with E-state index in [0.29, 0.717) is 6.04 Å². The standard InChI is InChI=1S/C16H27BrN2/c1-6-14(18)15(16(2,3)4)19(5)11-12-8-7-9-13(17)10-12/h7-10,14-15H,6,11,18H2,1-5H3. The first-order valence-electron chi connectivity index (χ1n) is 6.96. The van der Waals surface area contributed by atoms with Crippen molar-refractivity contribution in [2.24, 2.45) is 11.1 Å². The first-order valence-corrected chi connectivity index (χ1v) is 7.75. The molecule has 0 heterocycles. The lowest BCUT2D eigenvalue weighted by Crippen LogP contribution is -2.52. The molecule has 3 heteroatoms. The molecule has 0 aromatic heterocycles. The second-order valence-electron chi connectivity index (χ2n) is 6.43. The van der Waals surface area contributed by atoms with Crippen molar-refractivity contribution >= 4 is 15.9 Å². The van der Waals surface area contributed by atoms with Crippen LogP contribution in [0, 0.1) is 5.41 Å². The molecule has 0 saturated carbocycles. The van der Waals surface area contributed by atoms with E-state index in [1.165, 1.54) is 5.56 Å². The monoisotopic (exact) mass is 326 g/mol. The van der Waals surface area contributed by atoms with Crippen LogP contribution in [0.1, 0.15) is 39.7 Å². The van der Waals surface area contributed by atoms with Crippen LogP contribution in [0.5, 0.6) is 0 Å². The summed E-state index contributed by atoms with van der Waals surface area (Å²) in [6, 6.07) is 9.06. The molecule has 1 aromatic carbocycles. The molecule has 19 heavy (non-hydrogen) atoms. The van der Waals surface area contributed by atoms with E-state index in [1.54, 1.807) is 0 Å². The van der Waals surface area contributed by atoms with E-state index < -0.39 is 0 Å². The first-order chi connectivity index (χ1) is 8.75. The molecule has 0 aliphatic heterocycles. The van der Waals surface area contributed by atoms with Gasteiger partial charge in [0.15, 0.2) is 0 Å². The molecule has 2 atom stereocenters. The highest BCUT2D eigenvalue weighted by atomic mass is 79.9. The van der Waals surface area contributed by atoms with Crippen molar-refractivity contribution in [3.63, 3.8) is 0 Å². The van der Waals surface area contributed by atoms with E-state index >= 15 is 0 Å². The van der Waals surface area contributed by atoms with Gasteiger partial charge in [-0.15, -0.1) is 0 Å². The van der Waals surface area contributed by atoms with Gasteiger partial charge in [-0.3, -0.25) is 4.90 Å². The van der Waals surface area contributed by atoms with E-state index in [9.17, 15) is 0 Å². The maximum absolute atomic E-state index is 6.34. The number of benzene rings is 1. The van der Waals surface area contributed by atoms with Gasteiger partial charge in [-0.2, -0.15) is 0 Å². The lowest BCUT2D eigenvalue weighted by molar-refractivity contribution is 0.0939. The molecule has 0 radical (unpaired) electrons. The fourth-order valence-corrected chi connectivity index (χ4v) is 3.32. The average molecular weight is 327 g/mol. The van der Waals surface area contributed by atoms with Gasteiger partial charge >= 0.3 is 0 Å². The highest BCUT2D eigenvalue weighted by Crippen LogP contribution is 2.28. The number of hydrogen-bond acceptors (Lipinski definition) is 2. The Morgan fingerprint density at radius 3 is 2.42 bits per heavy atom. The zero-order valence-electron chi connectivity index (χ0n) is 12.8. The molecule has 0 saturated heterocycles. The summed E-state index contributed by atoms with van der Waals surface area (Å²) in [7, 11) is 2.17. The summed E-state index contributed by atoms with van der Waals surface area (Å²) in [6.45, 7) is 9.89. The van der Waals surface area contributed by atoms with Crippen LogP contribution in [0.3, 0.4) is 0 Å². The van der Waals surface area contributed by atoms with Crippen LogP contribution in [0.2, 0.25) is 0 Å². The van der Waals surface area contributed by atoms with Gasteiger partial charge in [-0.1, -0.05) is 55.8 Å². The molecule has 0 bridgehead atoms. The van der Waals surface area contributed by atoms with Crippen LogP contribution in [-0.2, 0) is 6.54 Å². The smallest absolute Gasteiger partial charge is 0.0295 e. The van der Waals surface area contributed by atoms with E-state index in [-0.39, 0.29) is 11.5 Å². The van der Waals surface area contributed by atoms with Crippen LogP contribution in [-0.4, -0.2) is 24.0 Å². The maximum atomic E-state index is 6.34. The van der Waals surface area contributed by atoms with Crippen molar-refractivity contribution in [3.05, 3.63) is 34.3 Å². The Balaban J connectivity index is 2.86. The second-order valence-corrected chi connectivity index (χ2v) is 7.34. The minimum Gasteiger partial charge on any atom is -0.326 e. The Morgan fingerprint density at radius 1 is 1.32 bits per heavy atom. The molecule has 1 aromatic rings. The third-order valence-electron chi connectivity index (χ3n) is 3.56. The number of nitrogens with two attached hydrogens (primary N) is 1. The quantitative estimate of drug-likeness (QED) is 0.885. The lowest BCUT2D eigenvalue weighted by atomic mass is 9.80. The summed E-state index contributed by atoms with van der Waals surface area (Å²) < 4.78 is 1.13. The number of likely N-dealkylation sites (N-methyl/N-ethyl adjacent to an activating group) is 1. The third-order valence-corrected chi connectivity index (χ3v) is 4.05. The molecular weight excluding hydrogens is 300 g/mol. The summed E-state index contributed by atoms with van der Waals surface area (Å²) in [5.74, 6) is 0. The van der Waals surface area contributed by atoms with Crippen LogP contribution in [0.25, 0.3) is 0 Å². The zero-order valence-corrected chi connectivity index (χ0v) is 14.4. The van der Waals surface area contributed by atoms with Crippen LogP contribution >= 0.6 is 15.9 Å². The van der Waals surface area contributed by atoms with Crippen LogP contribution in [0.15, 0.2) is 28.7 Å². The average Bonchev–Trinajstić information content (AvgIpc) is 2.26. The Hall–Kier alpha value is -0.380. The minimum absolute atomic E-state index is 0.177. The van der Waals surface area contributed by atoms with E-state index in [1.807, 2.05) is 0 Å².